The molecule has 0 bridgehead atoms. The highest BCUT2D eigenvalue weighted by Crippen LogP contribution is 2.20. The van der Waals surface area contributed by atoms with Gasteiger partial charge in [0.2, 0.25) is 0 Å². The van der Waals surface area contributed by atoms with Gasteiger partial charge in [-0.25, -0.2) is 8.78 Å². The molecule has 0 heterocycles. The van der Waals surface area contributed by atoms with Crippen LogP contribution in [0.4, 0.5) is 8.78 Å². The van der Waals surface area contributed by atoms with Gasteiger partial charge >= 0.3 is 0 Å². The van der Waals surface area contributed by atoms with Crippen LogP contribution in [-0.4, -0.2) is 38.5 Å². The van der Waals surface area contributed by atoms with Gasteiger partial charge in [0, 0.05) is 6.04 Å². The lowest BCUT2D eigenvalue weighted by atomic mass is 9.99. The molecule has 0 spiro atoms. The van der Waals surface area contributed by atoms with Crippen LogP contribution in [0.5, 0.6) is 0 Å². The lowest BCUT2D eigenvalue weighted by molar-refractivity contribution is 0.0986. The summed E-state index contributed by atoms with van der Waals surface area (Å²) in [5.74, 6) is 0. The topological polar surface area (TPSA) is 15.3 Å². The molecular weight excluding hydrogens is 246 g/mol. The van der Waals surface area contributed by atoms with Gasteiger partial charge in [-0.05, 0) is 46.5 Å². The Bertz CT molecular complexity index is 373. The van der Waals surface area contributed by atoms with E-state index in [2.05, 4.69) is 37.4 Å². The zero-order valence-corrected chi connectivity index (χ0v) is 12.2. The fourth-order valence-corrected chi connectivity index (χ4v) is 2.37. The summed E-state index contributed by atoms with van der Waals surface area (Å²) >= 11 is 0. The highest BCUT2D eigenvalue weighted by atomic mass is 19.3. The maximum absolute atomic E-state index is 12.3. The lowest BCUT2D eigenvalue weighted by Crippen LogP contribution is -2.29. The monoisotopic (exact) mass is 270 g/mol. The Hall–Kier alpha value is -1.00. The van der Waals surface area contributed by atoms with Crippen LogP contribution in [0, 0.1) is 13.8 Å². The van der Waals surface area contributed by atoms with Crippen LogP contribution in [0.25, 0.3) is 0 Å². The molecular formula is C15H24F2N2. The second-order valence-electron chi connectivity index (χ2n) is 5.20. The number of nitrogens with zero attached hydrogens (tertiary/aromatic N) is 1. The Labute approximate surface area is 114 Å². The molecule has 0 aliphatic heterocycles. The van der Waals surface area contributed by atoms with Crippen molar-refractivity contribution >= 4 is 0 Å². The van der Waals surface area contributed by atoms with E-state index in [-0.39, 0.29) is 12.6 Å². The van der Waals surface area contributed by atoms with Crippen LogP contribution >= 0.6 is 0 Å². The molecule has 1 N–H and O–H groups in total. The summed E-state index contributed by atoms with van der Waals surface area (Å²) in [6.07, 6.45) is -1.44. The first-order chi connectivity index (χ1) is 8.92. The molecule has 1 rings (SSSR count). The maximum Gasteiger partial charge on any atom is 0.251 e. The standard InChI is InChI=1S/C15H24F2N2/c1-11-7-12(2)9-13(8-11)14(18-3)5-6-19(4)10-15(16)17/h7-9,14-15,18H,5-6,10H2,1-4H3. The highest BCUT2D eigenvalue weighted by Gasteiger charge is 2.13. The van der Waals surface area contributed by atoms with Crippen molar-refractivity contribution in [2.75, 3.05) is 27.2 Å². The molecule has 1 atom stereocenters. The smallest absolute Gasteiger partial charge is 0.251 e. The van der Waals surface area contributed by atoms with Crippen molar-refractivity contribution in [3.8, 4) is 0 Å². The molecule has 0 fully saturated rings. The van der Waals surface area contributed by atoms with Crippen LogP contribution in [-0.2, 0) is 0 Å². The van der Waals surface area contributed by atoms with E-state index < -0.39 is 6.43 Å². The van der Waals surface area contributed by atoms with Crippen molar-refractivity contribution < 1.29 is 8.78 Å². The summed E-state index contributed by atoms with van der Waals surface area (Å²) in [4.78, 5) is 1.68. The molecule has 1 unspecified atom stereocenters. The van der Waals surface area contributed by atoms with E-state index in [0.717, 1.165) is 6.42 Å². The minimum absolute atomic E-state index is 0.163. The maximum atomic E-state index is 12.3. The first-order valence-corrected chi connectivity index (χ1v) is 6.64. The molecule has 108 valence electrons. The van der Waals surface area contributed by atoms with Gasteiger partial charge in [0.1, 0.15) is 0 Å². The summed E-state index contributed by atoms with van der Waals surface area (Å²) < 4.78 is 24.5. The number of benzene rings is 1. The zero-order valence-electron chi connectivity index (χ0n) is 12.2. The van der Waals surface area contributed by atoms with Crippen molar-refractivity contribution in [3.63, 3.8) is 0 Å². The van der Waals surface area contributed by atoms with Gasteiger partial charge < -0.3 is 10.2 Å². The van der Waals surface area contributed by atoms with E-state index in [4.69, 9.17) is 0 Å². The van der Waals surface area contributed by atoms with Crippen molar-refractivity contribution in [3.05, 3.63) is 34.9 Å². The number of hydrogen-bond donors (Lipinski definition) is 1. The van der Waals surface area contributed by atoms with Crippen molar-refractivity contribution in [2.45, 2.75) is 32.7 Å². The lowest BCUT2D eigenvalue weighted by Gasteiger charge is -2.22. The molecule has 0 saturated carbocycles. The number of halogens is 2. The van der Waals surface area contributed by atoms with E-state index in [0.29, 0.717) is 6.54 Å². The van der Waals surface area contributed by atoms with Gasteiger partial charge in [-0.15, -0.1) is 0 Å². The SMILES string of the molecule is CNC(CCN(C)CC(F)F)c1cc(C)cc(C)c1. The third-order valence-electron chi connectivity index (χ3n) is 3.24. The van der Waals surface area contributed by atoms with E-state index in [1.54, 1.807) is 11.9 Å². The largest absolute Gasteiger partial charge is 0.313 e. The summed E-state index contributed by atoms with van der Waals surface area (Å²) in [5.41, 5.74) is 3.69. The number of aryl methyl sites for hydroxylation is 2. The predicted molar refractivity (Wildman–Crippen MR) is 75.8 cm³/mol. The third-order valence-corrected chi connectivity index (χ3v) is 3.24. The second kappa shape index (κ2) is 7.56. The predicted octanol–water partition coefficient (Wildman–Crippen LogP) is 3.15. The summed E-state index contributed by atoms with van der Waals surface area (Å²) in [6, 6.07) is 6.65. The number of nitrogens with one attached hydrogen (secondary N) is 1. The molecule has 1 aromatic carbocycles. The molecule has 0 aliphatic carbocycles. The minimum Gasteiger partial charge on any atom is -0.313 e. The van der Waals surface area contributed by atoms with Crippen molar-refractivity contribution in [1.82, 2.24) is 10.2 Å². The van der Waals surface area contributed by atoms with E-state index in [1.165, 1.54) is 16.7 Å². The van der Waals surface area contributed by atoms with Crippen molar-refractivity contribution in [1.29, 1.82) is 0 Å². The molecule has 19 heavy (non-hydrogen) atoms. The molecule has 0 aliphatic rings. The average Bonchev–Trinajstić information content (AvgIpc) is 2.27. The third kappa shape index (κ3) is 5.66. The fourth-order valence-electron chi connectivity index (χ4n) is 2.37. The quantitative estimate of drug-likeness (QED) is 0.819. The molecule has 0 saturated heterocycles. The van der Waals surface area contributed by atoms with Gasteiger partial charge in [-0.3, -0.25) is 0 Å². The molecule has 2 nitrogen and oxygen atoms in total. The fraction of sp³-hybridized carbons (Fsp3) is 0.600. The summed E-state index contributed by atoms with van der Waals surface area (Å²) in [6.45, 7) is 4.64. The Morgan fingerprint density at radius 3 is 2.21 bits per heavy atom. The molecule has 4 heteroatoms. The molecule has 1 aromatic rings. The Morgan fingerprint density at radius 2 is 1.74 bits per heavy atom. The van der Waals surface area contributed by atoms with E-state index >= 15 is 0 Å². The van der Waals surface area contributed by atoms with Crippen LogP contribution < -0.4 is 5.32 Å². The molecule has 0 radical (unpaired) electrons. The number of rotatable bonds is 7. The van der Waals surface area contributed by atoms with E-state index in [9.17, 15) is 8.78 Å². The van der Waals surface area contributed by atoms with Gasteiger partial charge in [0.15, 0.2) is 0 Å². The Morgan fingerprint density at radius 1 is 1.16 bits per heavy atom. The normalized spacial score (nSPS) is 13.3. The summed E-state index contributed by atoms with van der Waals surface area (Å²) in [7, 11) is 3.65. The van der Waals surface area contributed by atoms with Crippen LogP contribution in [0.2, 0.25) is 0 Å². The zero-order chi connectivity index (χ0) is 14.4. The van der Waals surface area contributed by atoms with Crippen LogP contribution in [0.15, 0.2) is 18.2 Å². The van der Waals surface area contributed by atoms with Crippen LogP contribution in [0.3, 0.4) is 0 Å². The van der Waals surface area contributed by atoms with E-state index in [1.807, 2.05) is 7.05 Å². The Kier molecular flexibility index (Phi) is 6.38. The van der Waals surface area contributed by atoms with Gasteiger partial charge in [0.05, 0.1) is 6.54 Å². The molecule has 0 amide bonds. The Balaban J connectivity index is 2.62. The highest BCUT2D eigenvalue weighted by molar-refractivity contribution is 5.30. The number of alkyl halides is 2. The molecule has 0 aromatic heterocycles. The van der Waals surface area contributed by atoms with Gasteiger partial charge in [0.25, 0.3) is 6.43 Å². The van der Waals surface area contributed by atoms with Gasteiger partial charge in [-0.2, -0.15) is 0 Å². The number of hydrogen-bond acceptors (Lipinski definition) is 2. The minimum atomic E-state index is -2.26. The summed E-state index contributed by atoms with van der Waals surface area (Å²) in [5, 5.41) is 3.27. The van der Waals surface area contributed by atoms with Gasteiger partial charge in [-0.1, -0.05) is 29.3 Å². The first kappa shape index (κ1) is 16.1. The average molecular weight is 270 g/mol. The van der Waals surface area contributed by atoms with Crippen LogP contribution in [0.1, 0.15) is 29.2 Å². The first-order valence-electron chi connectivity index (χ1n) is 6.64. The van der Waals surface area contributed by atoms with Crippen molar-refractivity contribution in [2.24, 2.45) is 0 Å². The second-order valence-corrected chi connectivity index (χ2v) is 5.20.